The number of nitrogens with one attached hydrogen (secondary N) is 1. The number of hydrogen-bond acceptors (Lipinski definition) is 3. The van der Waals surface area contributed by atoms with E-state index in [1.807, 2.05) is 50.2 Å². The minimum absolute atomic E-state index is 0.131. The molecule has 1 aromatic heterocycles. The van der Waals surface area contributed by atoms with Crippen molar-refractivity contribution in [1.82, 2.24) is 4.98 Å². The van der Waals surface area contributed by atoms with Crippen LogP contribution in [0, 0.1) is 13.8 Å². The number of fused-ring (bicyclic) bond motifs is 1. The molecule has 0 saturated heterocycles. The molecule has 2 aromatic carbocycles. The fraction of sp³-hybridized carbons (Fsp3) is 0.125. The van der Waals surface area contributed by atoms with Crippen LogP contribution in [0.5, 0.6) is 0 Å². The van der Waals surface area contributed by atoms with Gasteiger partial charge >= 0.3 is 0 Å². The van der Waals surface area contributed by atoms with E-state index >= 15 is 0 Å². The summed E-state index contributed by atoms with van der Waals surface area (Å²) in [5, 5.41) is 5.64. The summed E-state index contributed by atoms with van der Waals surface area (Å²) in [6, 6.07) is 11.7. The second-order valence-corrected chi connectivity index (χ2v) is 6.94. The van der Waals surface area contributed by atoms with Crippen molar-refractivity contribution in [2.45, 2.75) is 13.8 Å². The van der Waals surface area contributed by atoms with Gasteiger partial charge in [-0.3, -0.25) is 10.1 Å². The number of thiazole rings is 1. The number of carbonyl (C=O) groups is 1. The molecule has 1 heterocycles. The summed E-state index contributed by atoms with van der Waals surface area (Å²) >= 11 is 4.94. The number of aryl methyl sites for hydroxylation is 2. The fourth-order valence-corrected chi connectivity index (χ4v) is 3.24. The molecule has 0 spiro atoms. The van der Waals surface area contributed by atoms with Crippen molar-refractivity contribution >= 4 is 49.1 Å². The number of rotatable bonds is 2. The predicted molar refractivity (Wildman–Crippen MR) is 91.2 cm³/mol. The molecule has 0 aliphatic rings. The summed E-state index contributed by atoms with van der Waals surface area (Å²) < 4.78 is 1.03. The molecule has 3 aromatic rings. The van der Waals surface area contributed by atoms with E-state index in [4.69, 9.17) is 0 Å². The summed E-state index contributed by atoms with van der Waals surface area (Å²) in [7, 11) is 0. The van der Waals surface area contributed by atoms with Crippen molar-refractivity contribution in [1.29, 1.82) is 0 Å². The second kappa shape index (κ2) is 5.58. The van der Waals surface area contributed by atoms with E-state index in [2.05, 4.69) is 26.2 Å². The molecule has 3 nitrogen and oxygen atoms in total. The minimum Gasteiger partial charge on any atom is -0.298 e. The monoisotopic (exact) mass is 360 g/mol. The second-order valence-electron chi connectivity index (χ2n) is 4.82. The molecule has 0 aliphatic heterocycles. The first-order valence-corrected chi connectivity index (χ1v) is 8.08. The number of nitrogens with zero attached hydrogens (tertiary/aromatic N) is 1. The van der Waals surface area contributed by atoms with E-state index in [1.54, 1.807) is 0 Å². The van der Waals surface area contributed by atoms with Crippen LogP contribution < -0.4 is 5.32 Å². The van der Waals surface area contributed by atoms with Crippen LogP contribution in [0.15, 0.2) is 40.9 Å². The fourth-order valence-electron chi connectivity index (χ4n) is 2.05. The molecule has 3 rings (SSSR count). The Bertz CT molecular complexity index is 822. The Hall–Kier alpha value is -1.72. The van der Waals surface area contributed by atoms with Crippen LogP contribution in [-0.4, -0.2) is 10.9 Å². The van der Waals surface area contributed by atoms with E-state index in [-0.39, 0.29) is 5.91 Å². The first-order valence-electron chi connectivity index (χ1n) is 6.47. The first kappa shape index (κ1) is 14.2. The molecule has 21 heavy (non-hydrogen) atoms. The minimum atomic E-state index is -0.131. The van der Waals surface area contributed by atoms with Gasteiger partial charge in [-0.2, -0.15) is 0 Å². The average Bonchev–Trinajstić information content (AvgIpc) is 2.76. The van der Waals surface area contributed by atoms with E-state index in [0.717, 1.165) is 25.8 Å². The maximum absolute atomic E-state index is 12.3. The van der Waals surface area contributed by atoms with Gasteiger partial charge < -0.3 is 0 Å². The Kier molecular flexibility index (Phi) is 3.78. The number of hydrogen-bond donors (Lipinski definition) is 1. The van der Waals surface area contributed by atoms with Crippen molar-refractivity contribution in [2.24, 2.45) is 0 Å². The Labute approximate surface area is 135 Å². The quantitative estimate of drug-likeness (QED) is 0.703. The van der Waals surface area contributed by atoms with E-state index in [9.17, 15) is 4.79 Å². The molecule has 0 unspecified atom stereocenters. The van der Waals surface area contributed by atoms with Gasteiger partial charge in [0.15, 0.2) is 5.13 Å². The molecule has 0 radical (unpaired) electrons. The van der Waals surface area contributed by atoms with Crippen LogP contribution >= 0.6 is 27.3 Å². The maximum atomic E-state index is 12.3. The lowest BCUT2D eigenvalue weighted by atomic mass is 10.1. The molecule has 106 valence electrons. The van der Waals surface area contributed by atoms with Crippen LogP contribution in [-0.2, 0) is 0 Å². The summed E-state index contributed by atoms with van der Waals surface area (Å²) in [5.74, 6) is -0.131. The molecule has 0 atom stereocenters. The first-order chi connectivity index (χ1) is 10.0. The van der Waals surface area contributed by atoms with Crippen molar-refractivity contribution in [3.8, 4) is 0 Å². The van der Waals surface area contributed by atoms with Gasteiger partial charge in [0.25, 0.3) is 5.91 Å². The van der Waals surface area contributed by atoms with Crippen molar-refractivity contribution in [3.63, 3.8) is 0 Å². The van der Waals surface area contributed by atoms with Gasteiger partial charge in [0.05, 0.1) is 5.69 Å². The highest BCUT2D eigenvalue weighted by atomic mass is 79.9. The summed E-state index contributed by atoms with van der Waals surface area (Å²) in [4.78, 5) is 17.7. The van der Waals surface area contributed by atoms with Crippen LogP contribution in [0.1, 0.15) is 20.9 Å². The van der Waals surface area contributed by atoms with Gasteiger partial charge in [0.2, 0.25) is 0 Å². The Morgan fingerprint density at radius 3 is 2.57 bits per heavy atom. The maximum Gasteiger partial charge on any atom is 0.257 e. The van der Waals surface area contributed by atoms with Gasteiger partial charge in [-0.1, -0.05) is 28.1 Å². The van der Waals surface area contributed by atoms with Crippen molar-refractivity contribution < 1.29 is 4.79 Å². The van der Waals surface area contributed by atoms with Gasteiger partial charge in [-0.25, -0.2) is 4.98 Å². The van der Waals surface area contributed by atoms with Crippen LogP contribution in [0.3, 0.4) is 0 Å². The van der Waals surface area contributed by atoms with Crippen LogP contribution in [0.25, 0.3) is 10.8 Å². The topological polar surface area (TPSA) is 42.0 Å². The molecule has 0 fully saturated rings. The zero-order chi connectivity index (χ0) is 15.0. The van der Waals surface area contributed by atoms with E-state index in [0.29, 0.717) is 10.7 Å². The third-order valence-electron chi connectivity index (χ3n) is 3.31. The summed E-state index contributed by atoms with van der Waals surface area (Å²) in [6.07, 6.45) is 0. The number of amides is 1. The van der Waals surface area contributed by atoms with Gasteiger partial charge in [-0.05, 0) is 48.9 Å². The van der Waals surface area contributed by atoms with Gasteiger partial charge in [-0.15, -0.1) is 11.3 Å². The van der Waals surface area contributed by atoms with Gasteiger partial charge in [0, 0.05) is 14.9 Å². The third-order valence-corrected chi connectivity index (χ3v) is 4.80. The highest BCUT2D eigenvalue weighted by Crippen LogP contribution is 2.24. The normalized spacial score (nSPS) is 10.8. The lowest BCUT2D eigenvalue weighted by Gasteiger charge is -2.04. The van der Waals surface area contributed by atoms with E-state index < -0.39 is 0 Å². The smallest absolute Gasteiger partial charge is 0.257 e. The molecule has 5 heteroatoms. The predicted octanol–water partition coefficient (Wildman–Crippen LogP) is 4.93. The van der Waals surface area contributed by atoms with Crippen molar-refractivity contribution in [3.05, 3.63) is 57.0 Å². The molecule has 1 amide bonds. The largest absolute Gasteiger partial charge is 0.298 e. The number of aromatic nitrogens is 1. The van der Waals surface area contributed by atoms with E-state index in [1.165, 1.54) is 11.3 Å². The SMILES string of the molecule is Cc1nc(NC(=O)c2ccc3cc(Br)ccc3c2)sc1C. The Morgan fingerprint density at radius 2 is 1.86 bits per heavy atom. The lowest BCUT2D eigenvalue weighted by molar-refractivity contribution is 0.102. The molecule has 1 N–H and O–H groups in total. The number of halogens is 1. The average molecular weight is 361 g/mol. The third kappa shape index (κ3) is 2.99. The standard InChI is InChI=1S/C16H13BrN2OS/c1-9-10(2)21-16(18-9)19-15(20)13-4-3-12-8-14(17)6-5-11(12)7-13/h3-8H,1-2H3,(H,18,19,20). The number of benzene rings is 2. The lowest BCUT2D eigenvalue weighted by Crippen LogP contribution is -2.11. The summed E-state index contributed by atoms with van der Waals surface area (Å²) in [6.45, 7) is 3.94. The Morgan fingerprint density at radius 1 is 1.14 bits per heavy atom. The summed E-state index contributed by atoms with van der Waals surface area (Å²) in [5.41, 5.74) is 1.59. The molecule has 0 aliphatic carbocycles. The molecular weight excluding hydrogens is 348 g/mol. The van der Waals surface area contributed by atoms with Crippen molar-refractivity contribution in [2.75, 3.05) is 5.32 Å². The molecule has 0 bridgehead atoms. The number of carbonyl (C=O) groups excluding carboxylic acids is 1. The number of anilines is 1. The molecular formula is C16H13BrN2OS. The highest BCUT2D eigenvalue weighted by Gasteiger charge is 2.10. The zero-order valence-corrected chi connectivity index (χ0v) is 14.0. The van der Waals surface area contributed by atoms with Crippen LogP contribution in [0.2, 0.25) is 0 Å². The van der Waals surface area contributed by atoms with Crippen LogP contribution in [0.4, 0.5) is 5.13 Å². The zero-order valence-electron chi connectivity index (χ0n) is 11.6. The molecule has 0 saturated carbocycles. The highest BCUT2D eigenvalue weighted by molar-refractivity contribution is 9.10. The Balaban J connectivity index is 1.89. The van der Waals surface area contributed by atoms with Gasteiger partial charge in [0.1, 0.15) is 0 Å².